The van der Waals surface area contributed by atoms with Gasteiger partial charge in [0.1, 0.15) is 11.3 Å². The van der Waals surface area contributed by atoms with Crippen molar-refractivity contribution in [2.75, 3.05) is 19.9 Å². The number of nitrogen functional groups attached to an aromatic ring is 1. The quantitative estimate of drug-likeness (QED) is 0.486. The van der Waals surface area contributed by atoms with Gasteiger partial charge in [-0.25, -0.2) is 4.98 Å². The third-order valence-corrected chi connectivity index (χ3v) is 5.34. The topological polar surface area (TPSA) is 98.6 Å². The maximum absolute atomic E-state index is 13.2. The van der Waals surface area contributed by atoms with E-state index in [1.165, 1.54) is 4.52 Å². The lowest BCUT2D eigenvalue weighted by molar-refractivity contribution is 0.0779. The lowest BCUT2D eigenvalue weighted by Crippen LogP contribution is -2.26. The van der Waals surface area contributed by atoms with E-state index in [4.69, 9.17) is 10.5 Å². The number of anilines is 1. The predicted octanol–water partition coefficient (Wildman–Crippen LogP) is 3.29. The van der Waals surface area contributed by atoms with E-state index in [1.807, 2.05) is 48.5 Å². The molecular weight excluding hydrogens is 392 g/mol. The number of benzene rings is 2. The number of pyridine rings is 1. The van der Waals surface area contributed by atoms with E-state index in [2.05, 4.69) is 15.1 Å². The third kappa shape index (κ3) is 3.09. The van der Waals surface area contributed by atoms with Gasteiger partial charge in [0.25, 0.3) is 5.91 Å². The van der Waals surface area contributed by atoms with E-state index in [1.54, 1.807) is 31.3 Å². The number of carbonyl (C=O) groups is 1. The Balaban J connectivity index is 1.53. The van der Waals surface area contributed by atoms with Crippen LogP contribution in [0.5, 0.6) is 5.75 Å². The molecule has 8 nitrogen and oxygen atoms in total. The predicted molar refractivity (Wildman–Crippen MR) is 119 cm³/mol. The van der Waals surface area contributed by atoms with Gasteiger partial charge < -0.3 is 15.4 Å². The second-order valence-corrected chi connectivity index (χ2v) is 7.31. The molecule has 5 rings (SSSR count). The van der Waals surface area contributed by atoms with Gasteiger partial charge in [0, 0.05) is 30.6 Å². The molecule has 0 radical (unpaired) electrons. The van der Waals surface area contributed by atoms with E-state index in [0.717, 1.165) is 21.9 Å². The summed E-state index contributed by atoms with van der Waals surface area (Å²) in [7, 11) is 3.33. The van der Waals surface area contributed by atoms with Crippen LogP contribution >= 0.6 is 0 Å². The molecule has 0 spiro atoms. The van der Waals surface area contributed by atoms with Crippen LogP contribution in [0.15, 0.2) is 60.8 Å². The number of methoxy groups -OCH3 is 1. The zero-order valence-electron chi connectivity index (χ0n) is 17.1. The van der Waals surface area contributed by atoms with Crippen molar-refractivity contribution in [3.63, 3.8) is 0 Å². The first kappa shape index (κ1) is 18.8. The molecule has 3 heterocycles. The first-order valence-electron chi connectivity index (χ1n) is 9.77. The molecule has 0 atom stereocenters. The molecule has 0 aliphatic rings. The number of hydrogen-bond donors (Lipinski definition) is 1. The van der Waals surface area contributed by atoms with Crippen LogP contribution in [0.25, 0.3) is 27.3 Å². The average molecular weight is 412 g/mol. The van der Waals surface area contributed by atoms with Gasteiger partial charge in [0.05, 0.1) is 18.1 Å². The Kier molecular flexibility index (Phi) is 4.39. The lowest BCUT2D eigenvalue weighted by atomic mass is 10.1. The molecule has 0 saturated carbocycles. The SMILES string of the molecule is COc1cccc2c1nc(N)n1nc(C(=O)N(C)Cc3cccc4cccnc34)cc21. The monoisotopic (exact) mass is 412 g/mol. The van der Waals surface area contributed by atoms with Gasteiger partial charge in [-0.3, -0.25) is 9.78 Å². The van der Waals surface area contributed by atoms with E-state index in [0.29, 0.717) is 29.0 Å². The second kappa shape index (κ2) is 7.24. The summed E-state index contributed by atoms with van der Waals surface area (Å²) >= 11 is 0. The second-order valence-electron chi connectivity index (χ2n) is 7.31. The molecule has 2 aromatic carbocycles. The standard InChI is InChI=1S/C23H20N6O2/c1-28(13-15-7-3-6-14-8-5-11-25-20(14)15)22(30)17-12-18-16-9-4-10-19(31-2)21(16)26-23(24)29(18)27-17/h3-12H,13H2,1-2H3,(H2,24,26). The number of hydrogen-bond acceptors (Lipinski definition) is 6. The molecule has 1 amide bonds. The molecule has 0 fully saturated rings. The first-order valence-corrected chi connectivity index (χ1v) is 9.77. The van der Waals surface area contributed by atoms with Crippen molar-refractivity contribution in [3.8, 4) is 5.75 Å². The highest BCUT2D eigenvalue weighted by atomic mass is 16.5. The Hall–Kier alpha value is -4.20. The molecule has 0 aliphatic heterocycles. The van der Waals surface area contributed by atoms with E-state index < -0.39 is 0 Å². The molecule has 3 aromatic heterocycles. The number of para-hydroxylation sites is 2. The normalized spacial score (nSPS) is 11.3. The maximum atomic E-state index is 13.2. The van der Waals surface area contributed by atoms with E-state index >= 15 is 0 Å². The highest BCUT2D eigenvalue weighted by Gasteiger charge is 2.20. The lowest BCUT2D eigenvalue weighted by Gasteiger charge is -2.16. The van der Waals surface area contributed by atoms with Gasteiger partial charge >= 0.3 is 0 Å². The Bertz CT molecular complexity index is 1450. The smallest absolute Gasteiger partial charge is 0.274 e. The summed E-state index contributed by atoms with van der Waals surface area (Å²) in [5.74, 6) is 0.584. The van der Waals surface area contributed by atoms with Crippen LogP contribution in [0.2, 0.25) is 0 Å². The molecule has 5 aromatic rings. The summed E-state index contributed by atoms with van der Waals surface area (Å²) in [6, 6.07) is 17.2. The van der Waals surface area contributed by atoms with Crippen molar-refractivity contribution in [2.45, 2.75) is 6.54 Å². The van der Waals surface area contributed by atoms with Gasteiger partial charge in [0.2, 0.25) is 5.95 Å². The maximum Gasteiger partial charge on any atom is 0.274 e. The van der Waals surface area contributed by atoms with Crippen molar-refractivity contribution in [1.82, 2.24) is 24.5 Å². The summed E-state index contributed by atoms with van der Waals surface area (Å²) in [4.78, 5) is 23.7. The van der Waals surface area contributed by atoms with Crippen LogP contribution in [-0.4, -0.2) is 44.5 Å². The van der Waals surface area contributed by atoms with Crippen LogP contribution in [0.1, 0.15) is 16.1 Å². The summed E-state index contributed by atoms with van der Waals surface area (Å²) in [6.07, 6.45) is 1.75. The van der Waals surface area contributed by atoms with Crippen molar-refractivity contribution in [3.05, 3.63) is 72.1 Å². The summed E-state index contributed by atoms with van der Waals surface area (Å²) in [6.45, 7) is 0.406. The van der Waals surface area contributed by atoms with Gasteiger partial charge in [-0.15, -0.1) is 0 Å². The molecule has 31 heavy (non-hydrogen) atoms. The minimum Gasteiger partial charge on any atom is -0.494 e. The minimum absolute atomic E-state index is 0.187. The van der Waals surface area contributed by atoms with E-state index in [-0.39, 0.29) is 11.9 Å². The van der Waals surface area contributed by atoms with Gasteiger partial charge in [-0.1, -0.05) is 36.4 Å². The zero-order chi connectivity index (χ0) is 21.5. The van der Waals surface area contributed by atoms with Crippen LogP contribution in [0.3, 0.4) is 0 Å². The molecule has 0 bridgehead atoms. The molecular formula is C23H20N6O2. The number of rotatable bonds is 4. The van der Waals surface area contributed by atoms with Crippen LogP contribution in [-0.2, 0) is 6.54 Å². The molecule has 8 heteroatoms. The number of carbonyl (C=O) groups excluding carboxylic acids is 1. The van der Waals surface area contributed by atoms with Crippen LogP contribution < -0.4 is 10.5 Å². The molecule has 0 saturated heterocycles. The molecule has 0 aliphatic carbocycles. The number of aromatic nitrogens is 4. The number of nitrogens with zero attached hydrogens (tertiary/aromatic N) is 5. The summed E-state index contributed by atoms with van der Waals surface area (Å²) < 4.78 is 6.88. The fraction of sp³-hybridized carbons (Fsp3) is 0.130. The fourth-order valence-corrected chi connectivity index (χ4v) is 3.84. The highest BCUT2D eigenvalue weighted by molar-refractivity contribution is 6.01. The fourth-order valence-electron chi connectivity index (χ4n) is 3.84. The Morgan fingerprint density at radius 2 is 1.94 bits per heavy atom. The minimum atomic E-state index is -0.216. The summed E-state index contributed by atoms with van der Waals surface area (Å²) in [5, 5.41) is 6.27. The number of ether oxygens (including phenoxy) is 1. The van der Waals surface area contributed by atoms with Crippen molar-refractivity contribution in [1.29, 1.82) is 0 Å². The van der Waals surface area contributed by atoms with E-state index in [9.17, 15) is 4.79 Å². The first-order chi connectivity index (χ1) is 15.1. The molecule has 0 unspecified atom stereocenters. The Morgan fingerprint density at radius 1 is 1.13 bits per heavy atom. The van der Waals surface area contributed by atoms with Gasteiger partial charge in [0.15, 0.2) is 5.69 Å². The largest absolute Gasteiger partial charge is 0.494 e. The van der Waals surface area contributed by atoms with Crippen LogP contribution in [0.4, 0.5) is 5.95 Å². The molecule has 2 N–H and O–H groups in total. The Labute approximate surface area is 177 Å². The Morgan fingerprint density at radius 3 is 2.77 bits per heavy atom. The zero-order valence-corrected chi connectivity index (χ0v) is 17.1. The number of nitrogens with two attached hydrogens (primary N) is 1. The number of amides is 1. The van der Waals surface area contributed by atoms with Crippen molar-refractivity contribution >= 4 is 39.2 Å². The average Bonchev–Trinajstić information content (AvgIpc) is 3.25. The van der Waals surface area contributed by atoms with Gasteiger partial charge in [-0.2, -0.15) is 9.61 Å². The summed E-state index contributed by atoms with van der Waals surface area (Å²) in [5.41, 5.74) is 9.59. The molecule has 154 valence electrons. The van der Waals surface area contributed by atoms with Gasteiger partial charge in [-0.05, 0) is 23.8 Å². The highest BCUT2D eigenvalue weighted by Crippen LogP contribution is 2.29. The van der Waals surface area contributed by atoms with Crippen LogP contribution in [0, 0.1) is 0 Å². The number of fused-ring (bicyclic) bond motifs is 4. The van der Waals surface area contributed by atoms with Crippen molar-refractivity contribution in [2.24, 2.45) is 0 Å². The van der Waals surface area contributed by atoms with Crippen molar-refractivity contribution < 1.29 is 9.53 Å². The third-order valence-electron chi connectivity index (χ3n) is 5.34.